The fraction of sp³-hybridized carbons (Fsp3) is 1.00. The van der Waals surface area contributed by atoms with Crippen LogP contribution in [-0.4, -0.2) is 17.5 Å². The Hall–Kier alpha value is 0.310. The molecule has 0 aliphatic carbocycles. The van der Waals surface area contributed by atoms with Gasteiger partial charge in [0.15, 0.2) is 0 Å². The number of thioether (sulfide) groups is 1. The maximum absolute atomic E-state index is 5.53. The molecule has 0 spiro atoms. The van der Waals surface area contributed by atoms with E-state index < -0.39 is 0 Å². The lowest BCUT2D eigenvalue weighted by Crippen LogP contribution is -2.25. The van der Waals surface area contributed by atoms with Gasteiger partial charge in [0.25, 0.3) is 0 Å². The van der Waals surface area contributed by atoms with Gasteiger partial charge in [-0.3, -0.25) is 0 Å². The third-order valence-electron chi connectivity index (χ3n) is 1.11. The van der Waals surface area contributed by atoms with Gasteiger partial charge in [0.05, 0.1) is 0 Å². The van der Waals surface area contributed by atoms with E-state index in [1.165, 1.54) is 0 Å². The summed E-state index contributed by atoms with van der Waals surface area (Å²) >= 11 is 1.81. The molecule has 0 aromatic carbocycles. The van der Waals surface area contributed by atoms with Gasteiger partial charge in [-0.15, -0.1) is 0 Å². The molecule has 2 N–H and O–H groups in total. The van der Waals surface area contributed by atoms with Crippen molar-refractivity contribution in [2.24, 2.45) is 5.73 Å². The molecule has 0 rings (SSSR count). The quantitative estimate of drug-likeness (QED) is 0.588. The fourth-order valence-corrected chi connectivity index (χ4v) is 0.644. The second-order valence-electron chi connectivity index (χ2n) is 1.80. The fourth-order valence-electron chi connectivity index (χ4n) is 0.215. The summed E-state index contributed by atoms with van der Waals surface area (Å²) in [6.07, 6.45) is 2.08. The lowest BCUT2D eigenvalue weighted by molar-refractivity contribution is 0.732. The van der Waals surface area contributed by atoms with Gasteiger partial charge in [0, 0.05) is 11.3 Å². The highest BCUT2D eigenvalue weighted by molar-refractivity contribution is 7.99. The average Bonchev–Trinajstić information content (AvgIpc) is 1.65. The Bertz CT molecular complexity index is 45.3. The topological polar surface area (TPSA) is 26.0 Å². The maximum atomic E-state index is 5.53. The predicted molar refractivity (Wildman–Crippen MR) is 36.6 cm³/mol. The van der Waals surface area contributed by atoms with Crippen molar-refractivity contribution in [2.45, 2.75) is 25.1 Å². The zero-order valence-corrected chi connectivity index (χ0v) is 5.96. The molecule has 0 radical (unpaired) electrons. The number of hydrogen-bond donors (Lipinski definition) is 1. The average molecular weight is 119 g/mol. The molecular weight excluding hydrogens is 106 g/mol. The lowest BCUT2D eigenvalue weighted by Gasteiger charge is -2.10. The van der Waals surface area contributed by atoms with E-state index >= 15 is 0 Å². The normalized spacial score (nSPS) is 18.9. The van der Waals surface area contributed by atoms with Gasteiger partial charge >= 0.3 is 0 Å². The molecule has 0 saturated heterocycles. The van der Waals surface area contributed by atoms with Crippen LogP contribution in [0.2, 0.25) is 0 Å². The summed E-state index contributed by atoms with van der Waals surface area (Å²) in [4.78, 5) is 0. The lowest BCUT2D eigenvalue weighted by atomic mass is 10.3. The Morgan fingerprint density at radius 2 is 1.86 bits per heavy atom. The van der Waals surface area contributed by atoms with Crippen molar-refractivity contribution < 1.29 is 0 Å². The van der Waals surface area contributed by atoms with Gasteiger partial charge in [-0.25, -0.2) is 0 Å². The Morgan fingerprint density at radius 1 is 1.43 bits per heavy atom. The van der Waals surface area contributed by atoms with Crippen LogP contribution < -0.4 is 5.73 Å². The van der Waals surface area contributed by atoms with Crippen LogP contribution in [0.15, 0.2) is 0 Å². The van der Waals surface area contributed by atoms with E-state index in [1.54, 1.807) is 0 Å². The minimum atomic E-state index is 0.329. The highest BCUT2D eigenvalue weighted by Gasteiger charge is 2.02. The summed E-state index contributed by atoms with van der Waals surface area (Å²) in [6, 6.07) is 0.329. The number of rotatable bonds is 2. The van der Waals surface area contributed by atoms with Gasteiger partial charge in [0.2, 0.25) is 0 Å². The van der Waals surface area contributed by atoms with E-state index in [9.17, 15) is 0 Å². The molecule has 0 fully saturated rings. The third kappa shape index (κ3) is 2.94. The van der Waals surface area contributed by atoms with Crippen molar-refractivity contribution in [2.75, 3.05) is 6.26 Å². The molecular formula is C5H13NS. The van der Waals surface area contributed by atoms with Crippen molar-refractivity contribution in [3.05, 3.63) is 0 Å². The van der Waals surface area contributed by atoms with Gasteiger partial charge in [-0.1, -0.05) is 6.92 Å². The van der Waals surface area contributed by atoms with Crippen LogP contribution in [0.25, 0.3) is 0 Å². The first-order valence-electron chi connectivity index (χ1n) is 2.47. The van der Waals surface area contributed by atoms with Crippen LogP contribution in [0.5, 0.6) is 0 Å². The summed E-state index contributed by atoms with van der Waals surface area (Å²) in [5.74, 6) is 0. The molecule has 0 saturated carbocycles. The number of hydrogen-bond acceptors (Lipinski definition) is 2. The standard InChI is InChI=1S/C5H13NS/c1-4(6)5(2)7-3/h4-5H,6H2,1-3H3/t4-,5+/m1/s1. The second kappa shape index (κ2) is 3.33. The minimum absolute atomic E-state index is 0.329. The van der Waals surface area contributed by atoms with Crippen LogP contribution in [0, 0.1) is 0 Å². The van der Waals surface area contributed by atoms with E-state index in [4.69, 9.17) is 5.73 Å². The van der Waals surface area contributed by atoms with Crippen molar-refractivity contribution >= 4 is 11.8 Å². The van der Waals surface area contributed by atoms with Crippen molar-refractivity contribution in [3.63, 3.8) is 0 Å². The van der Waals surface area contributed by atoms with Gasteiger partial charge in [-0.05, 0) is 13.2 Å². The van der Waals surface area contributed by atoms with Crippen molar-refractivity contribution in [1.82, 2.24) is 0 Å². The first-order chi connectivity index (χ1) is 3.18. The van der Waals surface area contributed by atoms with Crippen LogP contribution >= 0.6 is 11.8 Å². The van der Waals surface area contributed by atoms with E-state index in [-0.39, 0.29) is 0 Å². The summed E-state index contributed by atoms with van der Waals surface area (Å²) in [6.45, 7) is 4.16. The van der Waals surface area contributed by atoms with Crippen LogP contribution in [0.1, 0.15) is 13.8 Å². The SMILES string of the molecule is CS[C@@H](C)[C@@H](C)N. The van der Waals surface area contributed by atoms with Gasteiger partial charge < -0.3 is 5.73 Å². The monoisotopic (exact) mass is 119 g/mol. The van der Waals surface area contributed by atoms with E-state index in [1.807, 2.05) is 18.7 Å². The summed E-state index contributed by atoms with van der Waals surface area (Å²) < 4.78 is 0. The molecule has 44 valence electrons. The molecule has 0 aliphatic rings. The van der Waals surface area contributed by atoms with Crippen molar-refractivity contribution in [1.29, 1.82) is 0 Å². The van der Waals surface area contributed by atoms with Crippen molar-refractivity contribution in [3.8, 4) is 0 Å². The first-order valence-corrected chi connectivity index (χ1v) is 3.75. The zero-order valence-electron chi connectivity index (χ0n) is 5.14. The van der Waals surface area contributed by atoms with Crippen LogP contribution in [0.4, 0.5) is 0 Å². The van der Waals surface area contributed by atoms with E-state index in [0.29, 0.717) is 11.3 Å². The molecule has 0 unspecified atom stereocenters. The molecule has 0 bridgehead atoms. The highest BCUT2D eigenvalue weighted by atomic mass is 32.2. The third-order valence-corrected chi connectivity index (χ3v) is 2.29. The van der Waals surface area contributed by atoms with Crippen LogP contribution in [-0.2, 0) is 0 Å². The minimum Gasteiger partial charge on any atom is -0.327 e. The number of nitrogens with two attached hydrogens (primary N) is 1. The van der Waals surface area contributed by atoms with Gasteiger partial charge in [-0.2, -0.15) is 11.8 Å². The molecule has 0 aromatic rings. The maximum Gasteiger partial charge on any atom is 0.0165 e. The second-order valence-corrected chi connectivity index (χ2v) is 3.01. The molecule has 2 heteroatoms. The molecule has 2 atom stereocenters. The summed E-state index contributed by atoms with van der Waals surface area (Å²) in [7, 11) is 0. The predicted octanol–water partition coefficient (Wildman–Crippen LogP) is 1.09. The first kappa shape index (κ1) is 7.31. The molecule has 7 heavy (non-hydrogen) atoms. The summed E-state index contributed by atoms with van der Waals surface area (Å²) in [5.41, 5.74) is 5.53. The largest absolute Gasteiger partial charge is 0.327 e. The van der Waals surface area contributed by atoms with E-state index in [0.717, 1.165) is 0 Å². The Balaban J connectivity index is 3.14. The van der Waals surface area contributed by atoms with Gasteiger partial charge in [0.1, 0.15) is 0 Å². The molecule has 0 heterocycles. The Labute approximate surface area is 49.7 Å². The van der Waals surface area contributed by atoms with E-state index in [2.05, 4.69) is 13.2 Å². The molecule has 0 amide bonds. The smallest absolute Gasteiger partial charge is 0.0165 e. The highest BCUT2D eigenvalue weighted by Crippen LogP contribution is 2.06. The summed E-state index contributed by atoms with van der Waals surface area (Å²) in [5, 5.41) is 0.597. The molecule has 0 aromatic heterocycles. The van der Waals surface area contributed by atoms with Crippen LogP contribution in [0.3, 0.4) is 0 Å². The zero-order chi connectivity index (χ0) is 5.86. The Kier molecular flexibility index (Phi) is 3.48. The Morgan fingerprint density at radius 3 is 1.86 bits per heavy atom. The molecule has 0 aliphatic heterocycles. The molecule has 1 nitrogen and oxygen atoms in total.